The lowest BCUT2D eigenvalue weighted by molar-refractivity contribution is -0.137. The topological polar surface area (TPSA) is 66.8 Å². The van der Waals surface area contributed by atoms with Gasteiger partial charge in [0.25, 0.3) is 0 Å². The van der Waals surface area contributed by atoms with Gasteiger partial charge in [-0.2, -0.15) is 0 Å². The van der Waals surface area contributed by atoms with Crippen LogP contribution >= 0.6 is 0 Å². The number of rotatable bonds is 9. The molecule has 0 heterocycles. The van der Waals surface area contributed by atoms with E-state index in [-0.39, 0.29) is 18.4 Å². The molecule has 23 heavy (non-hydrogen) atoms. The third-order valence-corrected chi connectivity index (χ3v) is 4.36. The van der Waals surface area contributed by atoms with Crippen LogP contribution < -0.4 is 9.64 Å². The maximum Gasteiger partial charge on any atom is 0.303 e. The lowest BCUT2D eigenvalue weighted by Crippen LogP contribution is -2.40. The maximum absolute atomic E-state index is 12.7. The highest BCUT2D eigenvalue weighted by Crippen LogP contribution is 2.37. The zero-order valence-electron chi connectivity index (χ0n) is 13.8. The van der Waals surface area contributed by atoms with Gasteiger partial charge in [-0.25, -0.2) is 0 Å². The minimum atomic E-state index is -0.809. The zero-order chi connectivity index (χ0) is 16.8. The monoisotopic (exact) mass is 319 g/mol. The molecule has 1 aliphatic carbocycles. The Morgan fingerprint density at radius 3 is 2.35 bits per heavy atom. The summed E-state index contributed by atoms with van der Waals surface area (Å²) in [6.45, 7) is 2.09. The van der Waals surface area contributed by atoms with Crippen molar-refractivity contribution in [2.75, 3.05) is 12.0 Å². The summed E-state index contributed by atoms with van der Waals surface area (Å²) in [6.07, 6.45) is 3.98. The van der Waals surface area contributed by atoms with Gasteiger partial charge >= 0.3 is 5.97 Å². The first-order chi connectivity index (χ1) is 11.0. The summed E-state index contributed by atoms with van der Waals surface area (Å²) < 4.78 is 5.17. The number of aliphatic carboxylic acids is 1. The minimum Gasteiger partial charge on any atom is -0.497 e. The molecule has 126 valence electrons. The number of hydrogen-bond acceptors (Lipinski definition) is 3. The number of methoxy groups -OCH3 is 1. The summed E-state index contributed by atoms with van der Waals surface area (Å²) in [7, 11) is 1.62. The summed E-state index contributed by atoms with van der Waals surface area (Å²) in [4.78, 5) is 25.1. The van der Waals surface area contributed by atoms with Crippen LogP contribution in [0.15, 0.2) is 24.3 Å². The van der Waals surface area contributed by atoms with Crippen LogP contribution in [-0.4, -0.2) is 30.1 Å². The predicted molar refractivity (Wildman–Crippen MR) is 88.8 cm³/mol. The Kier molecular flexibility index (Phi) is 6.02. The Hall–Kier alpha value is -2.04. The fourth-order valence-corrected chi connectivity index (χ4v) is 2.81. The highest BCUT2D eigenvalue weighted by molar-refractivity contribution is 5.94. The van der Waals surface area contributed by atoms with Gasteiger partial charge in [-0.15, -0.1) is 0 Å². The largest absolute Gasteiger partial charge is 0.497 e. The van der Waals surface area contributed by atoms with E-state index in [0.717, 1.165) is 11.4 Å². The third kappa shape index (κ3) is 4.98. The molecule has 0 saturated heterocycles. The Morgan fingerprint density at radius 1 is 1.22 bits per heavy atom. The molecule has 1 amide bonds. The highest BCUT2D eigenvalue weighted by atomic mass is 16.5. The van der Waals surface area contributed by atoms with Crippen molar-refractivity contribution < 1.29 is 19.4 Å². The molecule has 1 N–H and O–H groups in total. The van der Waals surface area contributed by atoms with Crippen molar-refractivity contribution in [1.82, 2.24) is 0 Å². The van der Waals surface area contributed by atoms with Crippen molar-refractivity contribution in [1.29, 1.82) is 0 Å². The second-order valence-corrected chi connectivity index (χ2v) is 6.14. The van der Waals surface area contributed by atoms with E-state index in [0.29, 0.717) is 25.2 Å². The predicted octanol–water partition coefficient (Wildman–Crippen LogP) is 3.47. The number of benzene rings is 1. The van der Waals surface area contributed by atoms with Crippen LogP contribution in [0.25, 0.3) is 0 Å². The van der Waals surface area contributed by atoms with Crippen LogP contribution in [-0.2, 0) is 9.59 Å². The van der Waals surface area contributed by atoms with Gasteiger partial charge in [-0.05, 0) is 62.8 Å². The van der Waals surface area contributed by atoms with Crippen molar-refractivity contribution in [2.45, 2.75) is 51.5 Å². The summed E-state index contributed by atoms with van der Waals surface area (Å²) in [5.74, 6) is 0.595. The molecule has 5 heteroatoms. The van der Waals surface area contributed by atoms with Crippen LogP contribution in [0.1, 0.15) is 45.4 Å². The van der Waals surface area contributed by atoms with E-state index in [1.807, 2.05) is 29.2 Å². The summed E-state index contributed by atoms with van der Waals surface area (Å²) in [5.41, 5.74) is 0.883. The first kappa shape index (κ1) is 17.3. The van der Waals surface area contributed by atoms with E-state index in [1.165, 1.54) is 12.8 Å². The van der Waals surface area contributed by atoms with E-state index < -0.39 is 5.97 Å². The lowest BCUT2D eigenvalue weighted by Gasteiger charge is -2.30. The van der Waals surface area contributed by atoms with Crippen LogP contribution in [0.3, 0.4) is 0 Å². The number of carboxylic acid groups (broad SMARTS) is 1. The van der Waals surface area contributed by atoms with E-state index >= 15 is 0 Å². The molecule has 1 aliphatic rings. The average Bonchev–Trinajstić information content (AvgIpc) is 3.37. The molecule has 0 aliphatic heterocycles. The fraction of sp³-hybridized carbons (Fsp3) is 0.556. The molecule has 1 fully saturated rings. The first-order valence-electron chi connectivity index (χ1n) is 8.21. The number of unbranched alkanes of at least 4 members (excludes halogenated alkanes) is 1. The number of carbonyl (C=O) groups is 2. The SMILES string of the molecule is COc1ccc(N(C(=O)CCCCC(=O)O)C(C)C2CC2)cc1. The number of amides is 1. The number of anilines is 1. The molecule has 0 radical (unpaired) electrons. The van der Waals surface area contributed by atoms with Gasteiger partial charge in [0.15, 0.2) is 0 Å². The van der Waals surface area contributed by atoms with Gasteiger partial charge in [0.05, 0.1) is 7.11 Å². The molecule has 0 spiro atoms. The number of carbonyl (C=O) groups excluding carboxylic acids is 1. The van der Waals surface area contributed by atoms with Crippen molar-refractivity contribution in [2.24, 2.45) is 5.92 Å². The highest BCUT2D eigenvalue weighted by Gasteiger charge is 2.34. The summed E-state index contributed by atoms with van der Waals surface area (Å²) in [6, 6.07) is 7.72. The fourth-order valence-electron chi connectivity index (χ4n) is 2.81. The molecular weight excluding hydrogens is 294 g/mol. The third-order valence-electron chi connectivity index (χ3n) is 4.36. The molecule has 1 atom stereocenters. The standard InChI is InChI=1S/C18H25NO4/c1-13(14-7-8-14)19(15-9-11-16(23-2)12-10-15)17(20)5-3-4-6-18(21)22/h9-14H,3-8H2,1-2H3,(H,21,22). The Bertz CT molecular complexity index is 536. The van der Waals surface area contributed by atoms with Gasteiger partial charge in [-0.1, -0.05) is 0 Å². The molecule has 0 aromatic heterocycles. The van der Waals surface area contributed by atoms with Gasteiger partial charge < -0.3 is 14.7 Å². The Morgan fingerprint density at radius 2 is 1.83 bits per heavy atom. The van der Waals surface area contributed by atoms with Crippen molar-refractivity contribution in [3.8, 4) is 5.75 Å². The number of nitrogens with zero attached hydrogens (tertiary/aromatic N) is 1. The molecule has 1 saturated carbocycles. The second-order valence-electron chi connectivity index (χ2n) is 6.14. The normalized spacial score (nSPS) is 15.0. The van der Waals surface area contributed by atoms with Crippen molar-refractivity contribution >= 4 is 17.6 Å². The van der Waals surface area contributed by atoms with Crippen LogP contribution in [0.2, 0.25) is 0 Å². The van der Waals surface area contributed by atoms with E-state index in [2.05, 4.69) is 6.92 Å². The van der Waals surface area contributed by atoms with Crippen LogP contribution in [0.4, 0.5) is 5.69 Å². The summed E-state index contributed by atoms with van der Waals surface area (Å²) >= 11 is 0. The molecule has 1 unspecified atom stereocenters. The number of carboxylic acids is 1. The first-order valence-corrected chi connectivity index (χ1v) is 8.21. The van der Waals surface area contributed by atoms with Gasteiger partial charge in [0, 0.05) is 24.6 Å². The van der Waals surface area contributed by atoms with E-state index in [1.54, 1.807) is 7.11 Å². The van der Waals surface area contributed by atoms with Crippen molar-refractivity contribution in [3.63, 3.8) is 0 Å². The molecule has 5 nitrogen and oxygen atoms in total. The van der Waals surface area contributed by atoms with Crippen LogP contribution in [0, 0.1) is 5.92 Å². The molecule has 0 bridgehead atoms. The van der Waals surface area contributed by atoms with Gasteiger partial charge in [0.1, 0.15) is 5.75 Å². The van der Waals surface area contributed by atoms with Crippen molar-refractivity contribution in [3.05, 3.63) is 24.3 Å². The van der Waals surface area contributed by atoms with Gasteiger partial charge in [-0.3, -0.25) is 9.59 Å². The van der Waals surface area contributed by atoms with E-state index in [9.17, 15) is 9.59 Å². The summed E-state index contributed by atoms with van der Waals surface area (Å²) in [5, 5.41) is 8.68. The smallest absolute Gasteiger partial charge is 0.303 e. The Balaban J connectivity index is 2.03. The number of hydrogen-bond donors (Lipinski definition) is 1. The molecular formula is C18H25NO4. The lowest BCUT2D eigenvalue weighted by atomic mass is 10.1. The maximum atomic E-state index is 12.7. The minimum absolute atomic E-state index is 0.0694. The number of ether oxygens (including phenoxy) is 1. The quantitative estimate of drug-likeness (QED) is 0.708. The molecule has 1 aromatic rings. The molecule has 2 rings (SSSR count). The zero-order valence-corrected chi connectivity index (χ0v) is 13.8. The average molecular weight is 319 g/mol. The van der Waals surface area contributed by atoms with E-state index in [4.69, 9.17) is 9.84 Å². The Labute approximate surface area is 137 Å². The second kappa shape index (κ2) is 7.99. The molecule has 1 aromatic carbocycles. The van der Waals surface area contributed by atoms with Crippen LogP contribution in [0.5, 0.6) is 5.75 Å². The van der Waals surface area contributed by atoms with Gasteiger partial charge in [0.2, 0.25) is 5.91 Å².